The molecule has 0 unspecified atom stereocenters. The van der Waals surface area contributed by atoms with Crippen LogP contribution in [0.4, 0.5) is 23.1 Å². The largest absolute Gasteiger partial charge is 0.491 e. The number of nitrogens with zero attached hydrogens (tertiary/aromatic N) is 3. The summed E-state index contributed by atoms with van der Waals surface area (Å²) in [7, 11) is 0. The van der Waals surface area contributed by atoms with E-state index in [0.717, 1.165) is 29.8 Å². The molecule has 2 N–H and O–H groups in total. The van der Waals surface area contributed by atoms with Gasteiger partial charge in [0.1, 0.15) is 22.6 Å². The molecule has 0 fully saturated rings. The number of fused-ring (bicyclic) bond motifs is 1. The van der Waals surface area contributed by atoms with Crippen LogP contribution in [0.3, 0.4) is 0 Å². The summed E-state index contributed by atoms with van der Waals surface area (Å²) in [6.45, 7) is 5.08. The molecular weight excluding hydrogens is 426 g/mol. The maximum atomic E-state index is 8.81. The Morgan fingerprint density at radius 2 is 1.97 bits per heavy atom. The molecule has 2 aromatic carbocycles. The van der Waals surface area contributed by atoms with E-state index >= 15 is 0 Å². The highest BCUT2D eigenvalue weighted by atomic mass is 35.5. The van der Waals surface area contributed by atoms with Crippen LogP contribution in [0.2, 0.25) is 5.02 Å². The summed E-state index contributed by atoms with van der Waals surface area (Å²) in [5.74, 6) is 2.16. The Hall–Kier alpha value is -3.50. The zero-order valence-corrected chi connectivity index (χ0v) is 18.7. The van der Waals surface area contributed by atoms with Crippen molar-refractivity contribution in [2.24, 2.45) is 0 Å². The lowest BCUT2D eigenvalue weighted by atomic mass is 9.80. The van der Waals surface area contributed by atoms with E-state index in [1.807, 2.05) is 36.4 Å². The zero-order valence-electron chi connectivity index (χ0n) is 18.0. The fraction of sp³-hybridized carbons (Fsp3) is 0.292. The number of anilines is 4. The van der Waals surface area contributed by atoms with E-state index in [-0.39, 0.29) is 12.0 Å². The Morgan fingerprint density at radius 3 is 2.81 bits per heavy atom. The van der Waals surface area contributed by atoms with Crippen molar-refractivity contribution in [2.45, 2.75) is 32.1 Å². The molecule has 164 valence electrons. The van der Waals surface area contributed by atoms with Crippen molar-refractivity contribution in [1.82, 2.24) is 9.97 Å². The number of hydrogen-bond donors (Lipinski definition) is 2. The first kappa shape index (κ1) is 21.7. The topological polar surface area (TPSA) is 92.1 Å². The van der Waals surface area contributed by atoms with Crippen LogP contribution in [0.5, 0.6) is 11.5 Å². The number of ether oxygens (including phenoxy) is 2. The first-order valence-corrected chi connectivity index (χ1v) is 10.8. The van der Waals surface area contributed by atoms with Crippen LogP contribution in [0.25, 0.3) is 0 Å². The molecule has 0 aliphatic carbocycles. The normalized spacial score (nSPS) is 14.3. The number of rotatable bonds is 6. The molecule has 0 radical (unpaired) electrons. The smallest absolute Gasteiger partial charge is 0.229 e. The van der Waals surface area contributed by atoms with Crippen LogP contribution < -0.4 is 20.1 Å². The van der Waals surface area contributed by atoms with Gasteiger partial charge < -0.3 is 20.1 Å². The lowest BCUT2D eigenvalue weighted by molar-refractivity contribution is 0.315. The van der Waals surface area contributed by atoms with Crippen LogP contribution in [-0.2, 0) is 5.41 Å². The number of aromatic nitrogens is 2. The molecule has 0 saturated heterocycles. The summed E-state index contributed by atoms with van der Waals surface area (Å²) in [4.78, 5) is 8.88. The molecule has 1 aliphatic rings. The van der Waals surface area contributed by atoms with Gasteiger partial charge in [-0.3, -0.25) is 0 Å². The second-order valence-corrected chi connectivity index (χ2v) is 8.51. The summed E-state index contributed by atoms with van der Waals surface area (Å²) >= 11 is 6.35. The zero-order chi connectivity index (χ0) is 22.6. The van der Waals surface area contributed by atoms with Gasteiger partial charge in [0.25, 0.3) is 0 Å². The number of para-hydroxylation sites is 3. The Labute approximate surface area is 192 Å². The van der Waals surface area contributed by atoms with Crippen molar-refractivity contribution >= 4 is 34.7 Å². The fourth-order valence-corrected chi connectivity index (χ4v) is 3.85. The molecule has 0 amide bonds. The molecule has 0 spiro atoms. The highest BCUT2D eigenvalue weighted by Gasteiger charge is 2.28. The summed E-state index contributed by atoms with van der Waals surface area (Å²) in [6.07, 6.45) is 3.59. The quantitative estimate of drug-likeness (QED) is 0.478. The van der Waals surface area contributed by atoms with Gasteiger partial charge in [-0.05, 0) is 36.5 Å². The maximum Gasteiger partial charge on any atom is 0.229 e. The molecule has 1 aromatic heterocycles. The van der Waals surface area contributed by atoms with E-state index < -0.39 is 0 Å². The monoisotopic (exact) mass is 449 g/mol. The number of hydrogen-bond acceptors (Lipinski definition) is 7. The van der Waals surface area contributed by atoms with Crippen molar-refractivity contribution in [3.63, 3.8) is 0 Å². The first-order valence-electron chi connectivity index (χ1n) is 10.4. The number of nitriles is 1. The molecule has 0 saturated carbocycles. The lowest BCUT2D eigenvalue weighted by Gasteiger charge is -2.25. The van der Waals surface area contributed by atoms with Crippen molar-refractivity contribution in [3.8, 4) is 17.6 Å². The van der Waals surface area contributed by atoms with Crippen LogP contribution in [0.15, 0.2) is 48.7 Å². The maximum absolute atomic E-state index is 8.81. The molecule has 2 heterocycles. The summed E-state index contributed by atoms with van der Waals surface area (Å²) in [5, 5.41) is 15.6. The van der Waals surface area contributed by atoms with Gasteiger partial charge in [-0.2, -0.15) is 10.2 Å². The fourth-order valence-electron chi connectivity index (χ4n) is 3.72. The highest BCUT2D eigenvalue weighted by molar-refractivity contribution is 6.32. The minimum atomic E-state index is -0.0571. The molecule has 7 nitrogen and oxygen atoms in total. The standard InChI is InChI=1S/C24H24ClN5O2/c1-24(2)11-6-13-32-21-16(24)7-5-9-19(21)29-23-27-15-17(25)22(30-23)28-18-8-3-4-10-20(18)31-14-12-26/h3-5,7-10,15H,6,11,13-14H2,1-2H3,(H2,27,28,29,30). The minimum Gasteiger partial charge on any atom is -0.491 e. The Balaban J connectivity index is 1.62. The predicted molar refractivity (Wildman–Crippen MR) is 125 cm³/mol. The van der Waals surface area contributed by atoms with Crippen molar-refractivity contribution < 1.29 is 9.47 Å². The summed E-state index contributed by atoms with van der Waals surface area (Å²) in [5.41, 5.74) is 2.64. The van der Waals surface area contributed by atoms with E-state index in [1.165, 1.54) is 6.20 Å². The third kappa shape index (κ3) is 4.71. The van der Waals surface area contributed by atoms with E-state index in [1.54, 1.807) is 6.07 Å². The van der Waals surface area contributed by atoms with Crippen LogP contribution in [0, 0.1) is 11.3 Å². The van der Waals surface area contributed by atoms with Gasteiger partial charge in [0.15, 0.2) is 12.4 Å². The molecular formula is C24H24ClN5O2. The van der Waals surface area contributed by atoms with Crippen molar-refractivity contribution in [2.75, 3.05) is 23.8 Å². The van der Waals surface area contributed by atoms with Crippen LogP contribution in [0.1, 0.15) is 32.3 Å². The molecule has 4 rings (SSSR count). The van der Waals surface area contributed by atoms with E-state index in [9.17, 15) is 0 Å². The number of benzene rings is 2. The Kier molecular flexibility index (Phi) is 6.33. The predicted octanol–water partition coefficient (Wildman–Crippen LogP) is 5.97. The average molecular weight is 450 g/mol. The SMILES string of the molecule is CC1(C)CCCOc2c(Nc3ncc(Cl)c(Nc4ccccc4OCC#N)n3)cccc21. The molecule has 0 bridgehead atoms. The van der Waals surface area contributed by atoms with Gasteiger partial charge in [-0.25, -0.2) is 4.98 Å². The first-order chi connectivity index (χ1) is 15.5. The second kappa shape index (κ2) is 9.33. The molecule has 3 aromatic rings. The van der Waals surface area contributed by atoms with Gasteiger partial charge in [0.05, 0.1) is 24.2 Å². The Morgan fingerprint density at radius 1 is 1.16 bits per heavy atom. The summed E-state index contributed by atoms with van der Waals surface area (Å²) < 4.78 is 11.6. The number of nitrogens with one attached hydrogen (secondary N) is 2. The van der Waals surface area contributed by atoms with Gasteiger partial charge in [0.2, 0.25) is 5.95 Å². The van der Waals surface area contributed by atoms with Crippen LogP contribution >= 0.6 is 11.6 Å². The Bertz CT molecular complexity index is 1160. The van der Waals surface area contributed by atoms with Crippen molar-refractivity contribution in [1.29, 1.82) is 5.26 Å². The second-order valence-electron chi connectivity index (χ2n) is 8.10. The average Bonchev–Trinajstić information content (AvgIpc) is 2.94. The van der Waals surface area contributed by atoms with Crippen LogP contribution in [-0.4, -0.2) is 23.2 Å². The van der Waals surface area contributed by atoms with Gasteiger partial charge in [-0.15, -0.1) is 0 Å². The summed E-state index contributed by atoms with van der Waals surface area (Å²) in [6, 6.07) is 15.3. The van der Waals surface area contributed by atoms with Gasteiger partial charge >= 0.3 is 0 Å². The molecule has 0 atom stereocenters. The van der Waals surface area contributed by atoms with Gasteiger partial charge in [0, 0.05) is 5.56 Å². The third-order valence-corrected chi connectivity index (χ3v) is 5.64. The molecule has 8 heteroatoms. The van der Waals surface area contributed by atoms with E-state index in [0.29, 0.717) is 34.8 Å². The van der Waals surface area contributed by atoms with E-state index in [4.69, 9.17) is 26.3 Å². The third-order valence-electron chi connectivity index (χ3n) is 5.36. The van der Waals surface area contributed by atoms with Crippen molar-refractivity contribution in [3.05, 3.63) is 59.2 Å². The molecule has 32 heavy (non-hydrogen) atoms. The minimum absolute atomic E-state index is 0.0181. The number of halogens is 1. The molecule has 1 aliphatic heterocycles. The lowest BCUT2D eigenvalue weighted by Crippen LogP contribution is -2.16. The van der Waals surface area contributed by atoms with E-state index in [2.05, 4.69) is 40.5 Å². The van der Waals surface area contributed by atoms with Gasteiger partial charge in [-0.1, -0.05) is 49.7 Å². The highest BCUT2D eigenvalue weighted by Crippen LogP contribution is 2.42.